The second-order valence-corrected chi connectivity index (χ2v) is 4.26. The lowest BCUT2D eigenvalue weighted by molar-refractivity contribution is 0.412. The molecule has 0 radical (unpaired) electrons. The minimum Gasteiger partial charge on any atom is -0.495 e. The number of hydrogen-bond acceptors (Lipinski definition) is 2. The fourth-order valence-electron chi connectivity index (χ4n) is 2.11. The van der Waals surface area contributed by atoms with E-state index in [9.17, 15) is 0 Å². The van der Waals surface area contributed by atoms with Gasteiger partial charge in [-0.2, -0.15) is 0 Å². The van der Waals surface area contributed by atoms with Gasteiger partial charge in [0.25, 0.3) is 0 Å². The van der Waals surface area contributed by atoms with Gasteiger partial charge < -0.3 is 4.74 Å². The quantitative estimate of drug-likeness (QED) is 0.684. The second-order valence-electron chi connectivity index (χ2n) is 4.26. The lowest BCUT2D eigenvalue weighted by Gasteiger charge is -2.06. The van der Waals surface area contributed by atoms with Gasteiger partial charge in [-0.15, -0.1) is 0 Å². The molecule has 0 amide bonds. The Kier molecular flexibility index (Phi) is 2.52. The average molecular weight is 238 g/mol. The first-order valence-corrected chi connectivity index (χ1v) is 5.86. The molecule has 0 spiro atoms. The van der Waals surface area contributed by atoms with Crippen LogP contribution in [0, 0.1) is 6.92 Å². The van der Waals surface area contributed by atoms with Crippen LogP contribution in [0.1, 0.15) is 5.56 Å². The molecular weight excluding hydrogens is 224 g/mol. The summed E-state index contributed by atoms with van der Waals surface area (Å²) < 4.78 is 7.32. The largest absolute Gasteiger partial charge is 0.495 e. The van der Waals surface area contributed by atoms with Crippen LogP contribution in [0.2, 0.25) is 0 Å². The third kappa shape index (κ3) is 1.64. The Bertz CT molecular complexity index is 701. The zero-order chi connectivity index (χ0) is 12.5. The van der Waals surface area contributed by atoms with E-state index in [-0.39, 0.29) is 0 Å². The van der Waals surface area contributed by atoms with E-state index in [0.29, 0.717) is 0 Å². The monoisotopic (exact) mass is 238 g/mol. The van der Waals surface area contributed by atoms with Gasteiger partial charge in [0.2, 0.25) is 0 Å². The molecule has 1 aromatic carbocycles. The number of imidazole rings is 1. The molecule has 0 aliphatic rings. The van der Waals surface area contributed by atoms with Crippen LogP contribution in [0.5, 0.6) is 5.75 Å². The maximum atomic E-state index is 5.26. The predicted octanol–water partition coefficient (Wildman–Crippen LogP) is 3.32. The normalized spacial score (nSPS) is 10.8. The van der Waals surface area contributed by atoms with E-state index in [1.807, 2.05) is 36.7 Å². The summed E-state index contributed by atoms with van der Waals surface area (Å²) in [5.74, 6) is 1.78. The molecule has 90 valence electrons. The number of pyridine rings is 1. The van der Waals surface area contributed by atoms with E-state index < -0.39 is 0 Å². The lowest BCUT2D eigenvalue weighted by atomic mass is 10.1. The highest BCUT2D eigenvalue weighted by Gasteiger charge is 2.08. The van der Waals surface area contributed by atoms with Gasteiger partial charge in [-0.25, -0.2) is 4.98 Å². The van der Waals surface area contributed by atoms with Gasteiger partial charge in [-0.3, -0.25) is 4.40 Å². The number of benzene rings is 1. The SMILES string of the molecule is COc1ccc2cnc(-c3ccccc3C)n2c1. The van der Waals surface area contributed by atoms with Crippen LogP contribution in [0.3, 0.4) is 0 Å². The van der Waals surface area contributed by atoms with E-state index in [4.69, 9.17) is 4.74 Å². The van der Waals surface area contributed by atoms with Crippen molar-refractivity contribution in [1.82, 2.24) is 9.38 Å². The van der Waals surface area contributed by atoms with E-state index in [2.05, 4.69) is 28.4 Å². The Balaban J connectivity index is 2.26. The molecule has 3 heteroatoms. The Morgan fingerprint density at radius 3 is 2.72 bits per heavy atom. The van der Waals surface area contributed by atoms with Crippen molar-refractivity contribution in [3.05, 3.63) is 54.4 Å². The van der Waals surface area contributed by atoms with E-state index in [1.54, 1.807) is 7.11 Å². The van der Waals surface area contributed by atoms with Crippen LogP contribution in [-0.4, -0.2) is 16.5 Å². The van der Waals surface area contributed by atoms with Crippen molar-refractivity contribution in [3.63, 3.8) is 0 Å². The van der Waals surface area contributed by atoms with Crippen molar-refractivity contribution in [2.24, 2.45) is 0 Å². The highest BCUT2D eigenvalue weighted by Crippen LogP contribution is 2.24. The van der Waals surface area contributed by atoms with Crippen molar-refractivity contribution >= 4 is 5.52 Å². The maximum Gasteiger partial charge on any atom is 0.144 e. The molecule has 2 aromatic heterocycles. The lowest BCUT2D eigenvalue weighted by Crippen LogP contribution is -1.93. The van der Waals surface area contributed by atoms with Crippen LogP contribution >= 0.6 is 0 Å². The minimum absolute atomic E-state index is 0.829. The molecular formula is C15H14N2O. The molecule has 0 fully saturated rings. The number of aryl methyl sites for hydroxylation is 1. The van der Waals surface area contributed by atoms with Crippen LogP contribution in [0.4, 0.5) is 0 Å². The average Bonchev–Trinajstić information content (AvgIpc) is 2.82. The standard InChI is InChI=1S/C15H14N2O/c1-11-5-3-4-6-14(11)15-16-9-12-7-8-13(18-2)10-17(12)15/h3-10H,1-2H3. The fourth-order valence-corrected chi connectivity index (χ4v) is 2.11. The molecule has 3 aromatic rings. The van der Waals surface area contributed by atoms with Crippen molar-refractivity contribution < 1.29 is 4.74 Å². The smallest absolute Gasteiger partial charge is 0.144 e. The first kappa shape index (κ1) is 10.8. The molecule has 0 aliphatic carbocycles. The van der Waals surface area contributed by atoms with Gasteiger partial charge in [-0.05, 0) is 24.6 Å². The van der Waals surface area contributed by atoms with Gasteiger partial charge in [0.15, 0.2) is 0 Å². The molecule has 3 rings (SSSR count). The number of hydrogen-bond donors (Lipinski definition) is 0. The first-order chi connectivity index (χ1) is 8.79. The van der Waals surface area contributed by atoms with Gasteiger partial charge in [0.1, 0.15) is 11.6 Å². The number of fused-ring (bicyclic) bond motifs is 1. The number of rotatable bonds is 2. The highest BCUT2D eigenvalue weighted by atomic mass is 16.5. The molecule has 0 N–H and O–H groups in total. The van der Waals surface area contributed by atoms with Crippen molar-refractivity contribution in [2.75, 3.05) is 7.11 Å². The molecule has 0 saturated carbocycles. The third-order valence-electron chi connectivity index (χ3n) is 3.12. The van der Waals surface area contributed by atoms with Crippen LogP contribution in [-0.2, 0) is 0 Å². The molecule has 0 saturated heterocycles. The van der Waals surface area contributed by atoms with Crippen LogP contribution in [0.25, 0.3) is 16.9 Å². The van der Waals surface area contributed by atoms with Gasteiger partial charge in [-0.1, -0.05) is 24.3 Å². The highest BCUT2D eigenvalue weighted by molar-refractivity contribution is 5.65. The zero-order valence-electron chi connectivity index (χ0n) is 10.4. The van der Waals surface area contributed by atoms with Gasteiger partial charge in [0.05, 0.1) is 25.0 Å². The van der Waals surface area contributed by atoms with Crippen molar-refractivity contribution in [2.45, 2.75) is 6.92 Å². The molecule has 2 heterocycles. The number of nitrogens with zero attached hydrogens (tertiary/aromatic N) is 2. The van der Waals surface area contributed by atoms with Crippen LogP contribution in [0.15, 0.2) is 48.8 Å². The van der Waals surface area contributed by atoms with Crippen molar-refractivity contribution in [3.8, 4) is 17.1 Å². The van der Waals surface area contributed by atoms with Gasteiger partial charge in [0, 0.05) is 5.56 Å². The molecule has 0 aliphatic heterocycles. The Morgan fingerprint density at radius 2 is 1.94 bits per heavy atom. The summed E-state index contributed by atoms with van der Waals surface area (Å²) in [7, 11) is 1.67. The Labute approximate surface area is 106 Å². The first-order valence-electron chi connectivity index (χ1n) is 5.86. The van der Waals surface area contributed by atoms with E-state index in [1.165, 1.54) is 5.56 Å². The molecule has 0 atom stereocenters. The summed E-state index contributed by atoms with van der Waals surface area (Å²) in [6.45, 7) is 2.09. The molecule has 0 bridgehead atoms. The summed E-state index contributed by atoms with van der Waals surface area (Å²) in [6, 6.07) is 12.2. The Morgan fingerprint density at radius 1 is 1.11 bits per heavy atom. The second kappa shape index (κ2) is 4.18. The van der Waals surface area contributed by atoms with Crippen LogP contribution < -0.4 is 4.74 Å². The topological polar surface area (TPSA) is 26.5 Å². The molecule has 18 heavy (non-hydrogen) atoms. The summed E-state index contributed by atoms with van der Waals surface area (Å²) in [4.78, 5) is 4.51. The van der Waals surface area contributed by atoms with E-state index in [0.717, 1.165) is 22.7 Å². The predicted molar refractivity (Wildman–Crippen MR) is 71.9 cm³/mol. The van der Waals surface area contributed by atoms with Gasteiger partial charge >= 0.3 is 0 Å². The zero-order valence-corrected chi connectivity index (χ0v) is 10.4. The third-order valence-corrected chi connectivity index (χ3v) is 3.12. The summed E-state index contributed by atoms with van der Waals surface area (Å²) in [5.41, 5.74) is 3.42. The number of ether oxygens (including phenoxy) is 1. The minimum atomic E-state index is 0.829. The fraction of sp³-hybridized carbons (Fsp3) is 0.133. The summed E-state index contributed by atoms with van der Waals surface area (Å²) >= 11 is 0. The summed E-state index contributed by atoms with van der Waals surface area (Å²) in [6.07, 6.45) is 3.84. The number of methoxy groups -OCH3 is 1. The number of aromatic nitrogens is 2. The Hall–Kier alpha value is -2.29. The maximum absolute atomic E-state index is 5.26. The summed E-state index contributed by atoms with van der Waals surface area (Å²) in [5, 5.41) is 0. The molecule has 0 unspecified atom stereocenters. The molecule has 3 nitrogen and oxygen atoms in total. The van der Waals surface area contributed by atoms with Crippen molar-refractivity contribution in [1.29, 1.82) is 0 Å². The van der Waals surface area contributed by atoms with E-state index >= 15 is 0 Å².